The lowest BCUT2D eigenvalue weighted by molar-refractivity contribution is -0.116. The summed E-state index contributed by atoms with van der Waals surface area (Å²) in [6, 6.07) is 5.59. The van der Waals surface area contributed by atoms with Crippen molar-refractivity contribution in [2.45, 2.75) is 19.8 Å². The molecule has 0 aliphatic carbocycles. The summed E-state index contributed by atoms with van der Waals surface area (Å²) in [5, 5.41) is 2.82. The third kappa shape index (κ3) is 9.12. The van der Waals surface area contributed by atoms with E-state index in [4.69, 9.17) is 18.9 Å². The Bertz CT molecular complexity index is 531. The number of carbonyl (C=O) groups excluding carboxylic acids is 1. The summed E-state index contributed by atoms with van der Waals surface area (Å²) in [4.78, 5) is 11.8. The molecule has 140 valence electrons. The summed E-state index contributed by atoms with van der Waals surface area (Å²) in [6.07, 6.45) is 4.95. The zero-order chi connectivity index (χ0) is 18.3. The van der Waals surface area contributed by atoms with Gasteiger partial charge in [-0.05, 0) is 36.6 Å². The lowest BCUT2D eigenvalue weighted by atomic mass is 10.2. The van der Waals surface area contributed by atoms with Gasteiger partial charge in [0.1, 0.15) is 0 Å². The second-order valence-electron chi connectivity index (χ2n) is 5.34. The quantitative estimate of drug-likeness (QED) is 0.437. The number of methoxy groups -OCH3 is 2. The highest BCUT2D eigenvalue weighted by Gasteiger charge is 2.04. The number of carbonyl (C=O) groups is 1. The molecule has 1 N–H and O–H groups in total. The Balaban J connectivity index is 2.37. The molecule has 0 saturated heterocycles. The molecule has 0 saturated carbocycles. The van der Waals surface area contributed by atoms with Gasteiger partial charge in [0.15, 0.2) is 11.5 Å². The van der Waals surface area contributed by atoms with Gasteiger partial charge >= 0.3 is 0 Å². The van der Waals surface area contributed by atoms with Crippen LogP contribution in [0.2, 0.25) is 0 Å². The van der Waals surface area contributed by atoms with Crippen LogP contribution in [0.25, 0.3) is 6.08 Å². The lowest BCUT2D eigenvalue weighted by Gasteiger charge is -2.10. The highest BCUT2D eigenvalue weighted by molar-refractivity contribution is 5.91. The first kappa shape index (κ1) is 21.0. The Kier molecular flexibility index (Phi) is 11.1. The summed E-state index contributed by atoms with van der Waals surface area (Å²) in [5.41, 5.74) is 0.874. The van der Waals surface area contributed by atoms with Crippen molar-refractivity contribution >= 4 is 12.0 Å². The molecule has 0 spiro atoms. The molecule has 0 bridgehead atoms. The second kappa shape index (κ2) is 13.3. The average Bonchev–Trinajstić information content (AvgIpc) is 2.64. The fourth-order valence-electron chi connectivity index (χ4n) is 1.98. The van der Waals surface area contributed by atoms with Crippen LogP contribution < -0.4 is 14.8 Å². The van der Waals surface area contributed by atoms with E-state index >= 15 is 0 Å². The third-order valence-electron chi connectivity index (χ3n) is 3.27. The van der Waals surface area contributed by atoms with Gasteiger partial charge in [0.25, 0.3) is 0 Å². The first-order valence-electron chi connectivity index (χ1n) is 8.54. The van der Waals surface area contributed by atoms with Gasteiger partial charge in [-0.2, -0.15) is 0 Å². The number of hydrogen-bond donors (Lipinski definition) is 1. The summed E-state index contributed by atoms with van der Waals surface area (Å²) in [6.45, 7) is 5.02. The Hall–Kier alpha value is -2.05. The standard InChI is InChI=1S/C19H29NO5/c1-4-11-25-17-8-6-16(15-18(17)23-3)7-9-19(21)20-10-5-12-24-14-13-22-2/h6-9,15H,4-5,10-14H2,1-3H3,(H,20,21)/b9-7+. The first-order chi connectivity index (χ1) is 12.2. The molecular weight excluding hydrogens is 322 g/mol. The van der Waals surface area contributed by atoms with Crippen LogP contribution in [0.15, 0.2) is 24.3 Å². The summed E-state index contributed by atoms with van der Waals surface area (Å²) in [5.74, 6) is 1.23. The molecule has 0 fully saturated rings. The number of amides is 1. The van der Waals surface area contributed by atoms with E-state index in [9.17, 15) is 4.79 Å². The Morgan fingerprint density at radius 2 is 1.96 bits per heavy atom. The van der Waals surface area contributed by atoms with Gasteiger partial charge in [-0.25, -0.2) is 0 Å². The molecule has 0 atom stereocenters. The normalized spacial score (nSPS) is 10.8. The van der Waals surface area contributed by atoms with Crippen molar-refractivity contribution in [3.8, 4) is 11.5 Å². The molecule has 1 amide bonds. The molecular formula is C19H29NO5. The summed E-state index contributed by atoms with van der Waals surface area (Å²) in [7, 11) is 3.24. The predicted molar refractivity (Wildman–Crippen MR) is 98.1 cm³/mol. The molecule has 25 heavy (non-hydrogen) atoms. The number of nitrogens with one attached hydrogen (secondary N) is 1. The van der Waals surface area contributed by atoms with Crippen LogP contribution in [-0.4, -0.2) is 53.1 Å². The molecule has 0 aromatic heterocycles. The van der Waals surface area contributed by atoms with E-state index in [1.165, 1.54) is 6.08 Å². The van der Waals surface area contributed by atoms with Crippen LogP contribution in [-0.2, 0) is 14.3 Å². The van der Waals surface area contributed by atoms with Crippen molar-refractivity contribution in [1.82, 2.24) is 5.32 Å². The molecule has 0 aliphatic rings. The minimum atomic E-state index is -0.137. The molecule has 6 heteroatoms. The van der Waals surface area contributed by atoms with Crippen LogP contribution in [0.1, 0.15) is 25.3 Å². The maximum atomic E-state index is 11.8. The highest BCUT2D eigenvalue weighted by atomic mass is 16.5. The van der Waals surface area contributed by atoms with E-state index in [-0.39, 0.29) is 5.91 Å². The monoisotopic (exact) mass is 351 g/mol. The van der Waals surface area contributed by atoms with Gasteiger partial charge in [0.05, 0.1) is 26.9 Å². The van der Waals surface area contributed by atoms with Crippen LogP contribution >= 0.6 is 0 Å². The van der Waals surface area contributed by atoms with Gasteiger partial charge in [-0.1, -0.05) is 13.0 Å². The Morgan fingerprint density at radius 3 is 2.68 bits per heavy atom. The topological polar surface area (TPSA) is 66.0 Å². The van der Waals surface area contributed by atoms with E-state index in [1.807, 2.05) is 25.1 Å². The minimum absolute atomic E-state index is 0.137. The zero-order valence-electron chi connectivity index (χ0n) is 15.4. The van der Waals surface area contributed by atoms with Crippen molar-refractivity contribution in [2.24, 2.45) is 0 Å². The van der Waals surface area contributed by atoms with Crippen LogP contribution in [0.4, 0.5) is 0 Å². The molecule has 1 aromatic carbocycles. The van der Waals surface area contributed by atoms with E-state index in [1.54, 1.807) is 20.3 Å². The van der Waals surface area contributed by atoms with Crippen LogP contribution in [0, 0.1) is 0 Å². The van der Waals surface area contributed by atoms with Gasteiger partial charge in [0, 0.05) is 26.3 Å². The van der Waals surface area contributed by atoms with Crippen molar-refractivity contribution in [1.29, 1.82) is 0 Å². The summed E-state index contributed by atoms with van der Waals surface area (Å²) < 4.78 is 21.2. The maximum Gasteiger partial charge on any atom is 0.244 e. The largest absolute Gasteiger partial charge is 0.493 e. The lowest BCUT2D eigenvalue weighted by Crippen LogP contribution is -2.23. The molecule has 0 aliphatic heterocycles. The Labute approximate surface area is 150 Å². The van der Waals surface area contributed by atoms with Crippen molar-refractivity contribution in [2.75, 3.05) is 47.2 Å². The van der Waals surface area contributed by atoms with Gasteiger partial charge in [-0.15, -0.1) is 0 Å². The fourth-order valence-corrected chi connectivity index (χ4v) is 1.98. The molecule has 0 heterocycles. The predicted octanol–water partition coefficient (Wildman–Crippen LogP) is 2.67. The minimum Gasteiger partial charge on any atom is -0.493 e. The molecule has 0 radical (unpaired) electrons. The molecule has 0 unspecified atom stereocenters. The van der Waals surface area contributed by atoms with Crippen LogP contribution in [0.5, 0.6) is 11.5 Å². The Morgan fingerprint density at radius 1 is 1.12 bits per heavy atom. The smallest absolute Gasteiger partial charge is 0.244 e. The van der Waals surface area contributed by atoms with Gasteiger partial charge in [-0.3, -0.25) is 4.79 Å². The second-order valence-corrected chi connectivity index (χ2v) is 5.34. The van der Waals surface area contributed by atoms with Crippen molar-refractivity contribution < 1.29 is 23.7 Å². The van der Waals surface area contributed by atoms with E-state index in [2.05, 4.69) is 5.32 Å². The molecule has 6 nitrogen and oxygen atoms in total. The van der Waals surface area contributed by atoms with Gasteiger partial charge in [0.2, 0.25) is 5.91 Å². The zero-order valence-corrected chi connectivity index (χ0v) is 15.4. The molecule has 1 aromatic rings. The maximum absolute atomic E-state index is 11.8. The van der Waals surface area contributed by atoms with E-state index < -0.39 is 0 Å². The first-order valence-corrected chi connectivity index (χ1v) is 8.54. The SMILES string of the molecule is CCCOc1ccc(/C=C/C(=O)NCCCOCCOC)cc1OC. The number of benzene rings is 1. The van der Waals surface area contributed by atoms with E-state index in [0.717, 1.165) is 18.4 Å². The molecule has 1 rings (SSSR count). The van der Waals surface area contributed by atoms with E-state index in [0.29, 0.717) is 44.5 Å². The average molecular weight is 351 g/mol. The van der Waals surface area contributed by atoms with Crippen molar-refractivity contribution in [3.05, 3.63) is 29.8 Å². The summed E-state index contributed by atoms with van der Waals surface area (Å²) >= 11 is 0. The number of rotatable bonds is 13. The number of ether oxygens (including phenoxy) is 4. The third-order valence-corrected chi connectivity index (χ3v) is 3.27. The fraction of sp³-hybridized carbons (Fsp3) is 0.526. The number of hydrogen-bond acceptors (Lipinski definition) is 5. The van der Waals surface area contributed by atoms with Crippen LogP contribution in [0.3, 0.4) is 0 Å². The highest BCUT2D eigenvalue weighted by Crippen LogP contribution is 2.28. The van der Waals surface area contributed by atoms with Gasteiger partial charge < -0.3 is 24.3 Å². The van der Waals surface area contributed by atoms with Crippen molar-refractivity contribution in [3.63, 3.8) is 0 Å².